The number of anilines is 1. The molecule has 3 nitrogen and oxygen atoms in total. The highest BCUT2D eigenvalue weighted by atomic mass is 79.9. The molecule has 2 N–H and O–H groups in total. The number of benzene rings is 2. The summed E-state index contributed by atoms with van der Waals surface area (Å²) >= 11 is 3.43. The number of aromatic nitrogens is 2. The number of nitrogens with zero attached hydrogens (tertiary/aromatic N) is 2. The van der Waals surface area contributed by atoms with Gasteiger partial charge in [0.05, 0.1) is 17.1 Å². The molecule has 104 valence electrons. The second kappa shape index (κ2) is 5.66. The van der Waals surface area contributed by atoms with Gasteiger partial charge in [-0.15, -0.1) is 0 Å². The Hall–Kier alpha value is -2.20. The monoisotopic (exact) mass is 339 g/mol. The third-order valence-electron chi connectivity index (χ3n) is 3.33. The van der Waals surface area contributed by atoms with Crippen LogP contribution in [0.5, 0.6) is 0 Å². The molecule has 2 aromatic carbocycles. The summed E-state index contributed by atoms with van der Waals surface area (Å²) in [5.74, 6) is 0. The minimum Gasteiger partial charge on any atom is -0.395 e. The van der Waals surface area contributed by atoms with Crippen LogP contribution in [0.3, 0.4) is 0 Å². The Morgan fingerprint density at radius 2 is 1.29 bits per heavy atom. The normalized spacial score (nSPS) is 10.6. The molecular formula is C17H14BrN3. The minimum absolute atomic E-state index is 0.601. The molecule has 1 heterocycles. The summed E-state index contributed by atoms with van der Waals surface area (Å²) in [4.78, 5) is 8.67. The molecule has 3 aromatic rings. The smallest absolute Gasteiger partial charge is 0.116 e. The summed E-state index contributed by atoms with van der Waals surface area (Å²) in [6.07, 6.45) is 1.56. The van der Waals surface area contributed by atoms with Crippen molar-refractivity contribution in [1.29, 1.82) is 0 Å². The van der Waals surface area contributed by atoms with E-state index in [9.17, 15) is 0 Å². The van der Waals surface area contributed by atoms with Crippen molar-refractivity contribution >= 4 is 21.6 Å². The van der Waals surface area contributed by atoms with Crippen LogP contribution in [-0.4, -0.2) is 9.97 Å². The van der Waals surface area contributed by atoms with E-state index in [4.69, 9.17) is 5.73 Å². The van der Waals surface area contributed by atoms with Crippen LogP contribution in [0.2, 0.25) is 0 Å². The molecule has 0 aliphatic carbocycles. The standard InChI is InChI=1S/C17H14BrN3/c1-11-2-4-12(5-3-11)16-15(19)17(21-10-20-16)13-6-8-14(18)9-7-13/h2-10H,19H2,1H3. The van der Waals surface area contributed by atoms with Crippen molar-refractivity contribution < 1.29 is 0 Å². The summed E-state index contributed by atoms with van der Waals surface area (Å²) < 4.78 is 1.03. The van der Waals surface area contributed by atoms with Gasteiger partial charge in [-0.1, -0.05) is 57.9 Å². The number of hydrogen-bond donors (Lipinski definition) is 1. The largest absolute Gasteiger partial charge is 0.395 e. The van der Waals surface area contributed by atoms with E-state index >= 15 is 0 Å². The predicted octanol–water partition coefficient (Wildman–Crippen LogP) is 4.46. The van der Waals surface area contributed by atoms with Gasteiger partial charge < -0.3 is 5.73 Å². The fraction of sp³-hybridized carbons (Fsp3) is 0.0588. The molecule has 0 saturated carbocycles. The Kier molecular flexibility index (Phi) is 3.71. The van der Waals surface area contributed by atoms with Crippen LogP contribution in [0.25, 0.3) is 22.5 Å². The molecule has 0 fully saturated rings. The number of nitrogens with two attached hydrogens (primary N) is 1. The third-order valence-corrected chi connectivity index (χ3v) is 3.86. The lowest BCUT2D eigenvalue weighted by Gasteiger charge is -2.10. The van der Waals surface area contributed by atoms with Crippen LogP contribution in [0.4, 0.5) is 5.69 Å². The highest BCUT2D eigenvalue weighted by molar-refractivity contribution is 9.10. The zero-order chi connectivity index (χ0) is 14.8. The lowest BCUT2D eigenvalue weighted by molar-refractivity contribution is 1.18. The van der Waals surface area contributed by atoms with Gasteiger partial charge in [0.2, 0.25) is 0 Å². The van der Waals surface area contributed by atoms with E-state index in [0.29, 0.717) is 5.69 Å². The maximum Gasteiger partial charge on any atom is 0.116 e. The van der Waals surface area contributed by atoms with E-state index in [1.165, 1.54) is 5.56 Å². The molecule has 1 aromatic heterocycles. The fourth-order valence-electron chi connectivity index (χ4n) is 2.17. The summed E-state index contributed by atoms with van der Waals surface area (Å²) in [6, 6.07) is 16.1. The fourth-order valence-corrected chi connectivity index (χ4v) is 2.44. The van der Waals surface area contributed by atoms with Crippen LogP contribution in [0.1, 0.15) is 5.56 Å². The van der Waals surface area contributed by atoms with Gasteiger partial charge in [0.1, 0.15) is 6.33 Å². The Balaban J connectivity index is 2.10. The first kappa shape index (κ1) is 13.8. The van der Waals surface area contributed by atoms with Gasteiger partial charge >= 0.3 is 0 Å². The van der Waals surface area contributed by atoms with Crippen molar-refractivity contribution in [3.63, 3.8) is 0 Å². The summed E-state index contributed by atoms with van der Waals surface area (Å²) in [5, 5.41) is 0. The van der Waals surface area contributed by atoms with Crippen molar-refractivity contribution in [3.05, 3.63) is 64.9 Å². The van der Waals surface area contributed by atoms with Crippen LogP contribution in [0.15, 0.2) is 59.3 Å². The molecule has 0 saturated heterocycles. The van der Waals surface area contributed by atoms with E-state index < -0.39 is 0 Å². The van der Waals surface area contributed by atoms with Gasteiger partial charge in [0, 0.05) is 15.6 Å². The van der Waals surface area contributed by atoms with Gasteiger partial charge in [-0.3, -0.25) is 0 Å². The lowest BCUT2D eigenvalue weighted by atomic mass is 10.0. The van der Waals surface area contributed by atoms with E-state index in [1.807, 2.05) is 36.4 Å². The van der Waals surface area contributed by atoms with Crippen molar-refractivity contribution in [2.75, 3.05) is 5.73 Å². The van der Waals surface area contributed by atoms with Crippen LogP contribution < -0.4 is 5.73 Å². The van der Waals surface area contributed by atoms with Gasteiger partial charge in [0.15, 0.2) is 0 Å². The number of rotatable bonds is 2. The summed E-state index contributed by atoms with van der Waals surface area (Å²) in [6.45, 7) is 2.06. The zero-order valence-corrected chi connectivity index (χ0v) is 13.1. The first-order valence-electron chi connectivity index (χ1n) is 6.58. The number of halogens is 1. The van der Waals surface area contributed by atoms with E-state index in [0.717, 1.165) is 27.0 Å². The molecule has 4 heteroatoms. The number of aryl methyl sites for hydroxylation is 1. The van der Waals surface area contributed by atoms with Crippen molar-refractivity contribution in [2.45, 2.75) is 6.92 Å². The van der Waals surface area contributed by atoms with E-state index in [-0.39, 0.29) is 0 Å². The third kappa shape index (κ3) is 2.81. The second-order valence-corrected chi connectivity index (χ2v) is 5.77. The molecular weight excluding hydrogens is 326 g/mol. The molecule has 0 amide bonds. The van der Waals surface area contributed by atoms with Crippen LogP contribution in [0, 0.1) is 6.92 Å². The van der Waals surface area contributed by atoms with Gasteiger partial charge in [-0.05, 0) is 19.1 Å². The molecule has 0 bridgehead atoms. The summed E-state index contributed by atoms with van der Waals surface area (Å²) in [7, 11) is 0. The quantitative estimate of drug-likeness (QED) is 0.749. The average molecular weight is 340 g/mol. The summed E-state index contributed by atoms with van der Waals surface area (Å²) in [5.41, 5.74) is 11.6. The Morgan fingerprint density at radius 1 is 0.810 bits per heavy atom. The molecule has 0 spiro atoms. The minimum atomic E-state index is 0.601. The molecule has 21 heavy (non-hydrogen) atoms. The number of nitrogen functional groups attached to an aromatic ring is 1. The van der Waals surface area contributed by atoms with Crippen molar-refractivity contribution in [2.24, 2.45) is 0 Å². The van der Waals surface area contributed by atoms with Crippen molar-refractivity contribution in [3.8, 4) is 22.5 Å². The molecule has 3 rings (SSSR count). The molecule has 0 aliphatic rings. The molecule has 0 atom stereocenters. The Labute approximate surface area is 132 Å². The first-order valence-corrected chi connectivity index (χ1v) is 7.38. The Morgan fingerprint density at radius 3 is 1.81 bits per heavy atom. The van der Waals surface area contributed by atoms with E-state index in [1.54, 1.807) is 6.33 Å². The van der Waals surface area contributed by atoms with Crippen molar-refractivity contribution in [1.82, 2.24) is 9.97 Å². The Bertz CT molecular complexity index is 701. The lowest BCUT2D eigenvalue weighted by Crippen LogP contribution is -1.99. The van der Waals surface area contributed by atoms with Gasteiger partial charge in [-0.2, -0.15) is 0 Å². The molecule has 0 aliphatic heterocycles. The second-order valence-electron chi connectivity index (χ2n) is 4.86. The SMILES string of the molecule is Cc1ccc(-c2ncnc(-c3ccc(Br)cc3)c2N)cc1. The predicted molar refractivity (Wildman–Crippen MR) is 89.8 cm³/mol. The van der Waals surface area contributed by atoms with Crippen LogP contribution >= 0.6 is 15.9 Å². The maximum atomic E-state index is 6.29. The zero-order valence-electron chi connectivity index (χ0n) is 11.5. The van der Waals surface area contributed by atoms with Crippen LogP contribution in [-0.2, 0) is 0 Å². The van der Waals surface area contributed by atoms with E-state index in [2.05, 4.69) is 45.0 Å². The first-order chi connectivity index (χ1) is 10.1. The highest BCUT2D eigenvalue weighted by Crippen LogP contribution is 2.31. The maximum absolute atomic E-state index is 6.29. The molecule has 0 radical (unpaired) electrons. The van der Waals surface area contributed by atoms with Gasteiger partial charge in [0.25, 0.3) is 0 Å². The van der Waals surface area contributed by atoms with Gasteiger partial charge in [-0.25, -0.2) is 9.97 Å². The highest BCUT2D eigenvalue weighted by Gasteiger charge is 2.11. The number of hydrogen-bond acceptors (Lipinski definition) is 3. The molecule has 0 unspecified atom stereocenters. The average Bonchev–Trinajstić information content (AvgIpc) is 2.50. The topological polar surface area (TPSA) is 51.8 Å².